The van der Waals surface area contributed by atoms with E-state index in [1.54, 1.807) is 36.4 Å². The van der Waals surface area contributed by atoms with Crippen LogP contribution < -0.4 is 0 Å². The number of rotatable bonds is 6. The molecule has 3 aromatic rings. The molecule has 0 saturated heterocycles. The van der Waals surface area contributed by atoms with Crippen LogP contribution in [0, 0.1) is 11.6 Å². The van der Waals surface area contributed by atoms with Crippen LogP contribution >= 0.6 is 0 Å². The number of esters is 2. The summed E-state index contributed by atoms with van der Waals surface area (Å²) in [5.41, 5.74) is 1.13. The van der Waals surface area contributed by atoms with Crippen molar-refractivity contribution in [2.75, 3.05) is 0 Å². The van der Waals surface area contributed by atoms with Crippen molar-refractivity contribution in [2.45, 2.75) is 13.2 Å². The van der Waals surface area contributed by atoms with Crippen molar-refractivity contribution in [2.24, 2.45) is 0 Å². The largest absolute Gasteiger partial charge is 0.457 e. The molecule has 0 radical (unpaired) electrons. The average molecular weight is 382 g/mol. The minimum Gasteiger partial charge on any atom is -0.457 e. The first-order valence-corrected chi connectivity index (χ1v) is 8.45. The molecular formula is C22H16F2O4. The van der Waals surface area contributed by atoms with E-state index in [1.807, 2.05) is 0 Å². The van der Waals surface area contributed by atoms with Crippen molar-refractivity contribution in [1.82, 2.24) is 0 Å². The maximum absolute atomic E-state index is 13.6. The van der Waals surface area contributed by atoms with E-state index in [9.17, 15) is 18.4 Å². The molecule has 0 aromatic heterocycles. The number of carbonyl (C=O) groups is 2. The quantitative estimate of drug-likeness (QED) is 0.581. The molecule has 0 amide bonds. The highest BCUT2D eigenvalue weighted by Crippen LogP contribution is 2.13. The number of hydrogen-bond donors (Lipinski definition) is 0. The summed E-state index contributed by atoms with van der Waals surface area (Å²) in [6, 6.07) is 17.9. The van der Waals surface area contributed by atoms with Crippen molar-refractivity contribution in [1.29, 1.82) is 0 Å². The van der Waals surface area contributed by atoms with E-state index in [-0.39, 0.29) is 24.3 Å². The first kappa shape index (κ1) is 19.2. The van der Waals surface area contributed by atoms with Crippen molar-refractivity contribution in [3.63, 3.8) is 0 Å². The summed E-state index contributed by atoms with van der Waals surface area (Å²) in [6.45, 7) is -0.0507. The predicted octanol–water partition coefficient (Wildman–Crippen LogP) is 4.68. The molecule has 0 heterocycles. The second-order valence-corrected chi connectivity index (χ2v) is 5.93. The monoisotopic (exact) mass is 382 g/mol. The summed E-state index contributed by atoms with van der Waals surface area (Å²) in [5.74, 6) is -2.78. The Morgan fingerprint density at radius 2 is 0.964 bits per heavy atom. The molecule has 0 bridgehead atoms. The standard InChI is InChI=1S/C22H16F2O4/c23-19-7-3-1-5-17(19)21(25)27-13-15-9-11-16(12-10-15)14-28-22(26)18-6-2-4-8-20(18)24/h1-12H,13-14H2. The lowest BCUT2D eigenvalue weighted by Crippen LogP contribution is -2.08. The lowest BCUT2D eigenvalue weighted by molar-refractivity contribution is 0.0454. The minimum atomic E-state index is -0.749. The Hall–Kier alpha value is -3.54. The Labute approximate surface area is 160 Å². The molecule has 142 valence electrons. The first-order valence-electron chi connectivity index (χ1n) is 8.45. The van der Waals surface area contributed by atoms with Gasteiger partial charge in [0.25, 0.3) is 0 Å². The Balaban J connectivity index is 1.52. The number of benzene rings is 3. The van der Waals surface area contributed by atoms with Crippen LogP contribution in [0.3, 0.4) is 0 Å². The topological polar surface area (TPSA) is 52.6 Å². The number of carbonyl (C=O) groups excluding carboxylic acids is 2. The third-order valence-corrected chi connectivity index (χ3v) is 3.95. The lowest BCUT2D eigenvalue weighted by Gasteiger charge is -2.08. The third-order valence-electron chi connectivity index (χ3n) is 3.95. The van der Waals surface area contributed by atoms with Gasteiger partial charge in [-0.3, -0.25) is 0 Å². The molecule has 6 heteroatoms. The Kier molecular flexibility index (Phi) is 6.11. The second kappa shape index (κ2) is 8.90. The van der Waals surface area contributed by atoms with E-state index in [0.29, 0.717) is 11.1 Å². The average Bonchev–Trinajstić information content (AvgIpc) is 2.71. The van der Waals surface area contributed by atoms with Gasteiger partial charge in [-0.2, -0.15) is 0 Å². The molecule has 0 fully saturated rings. The summed E-state index contributed by atoms with van der Waals surface area (Å²) in [7, 11) is 0. The summed E-state index contributed by atoms with van der Waals surface area (Å²) >= 11 is 0. The zero-order valence-electron chi connectivity index (χ0n) is 14.7. The van der Waals surface area contributed by atoms with Gasteiger partial charge < -0.3 is 9.47 Å². The zero-order valence-corrected chi connectivity index (χ0v) is 14.7. The molecule has 0 spiro atoms. The first-order chi connectivity index (χ1) is 13.5. The van der Waals surface area contributed by atoms with Crippen LogP contribution in [-0.4, -0.2) is 11.9 Å². The second-order valence-electron chi connectivity index (χ2n) is 5.93. The van der Waals surface area contributed by atoms with Crippen LogP contribution in [0.25, 0.3) is 0 Å². The van der Waals surface area contributed by atoms with Crippen molar-refractivity contribution in [3.05, 3.63) is 107 Å². The van der Waals surface area contributed by atoms with Gasteiger partial charge >= 0.3 is 11.9 Å². The summed E-state index contributed by atoms with van der Waals surface area (Å²) in [4.78, 5) is 23.8. The summed E-state index contributed by atoms with van der Waals surface area (Å²) in [5, 5.41) is 0. The van der Waals surface area contributed by atoms with Gasteiger partial charge in [0.15, 0.2) is 0 Å². The molecule has 0 saturated carbocycles. The van der Waals surface area contributed by atoms with Gasteiger partial charge in [-0.05, 0) is 35.4 Å². The van der Waals surface area contributed by atoms with Crippen molar-refractivity contribution >= 4 is 11.9 Å². The van der Waals surface area contributed by atoms with Crippen LogP contribution in [0.15, 0.2) is 72.8 Å². The molecule has 3 rings (SSSR count). The SMILES string of the molecule is O=C(OCc1ccc(COC(=O)c2ccccc2F)cc1)c1ccccc1F. The van der Waals surface area contributed by atoms with E-state index < -0.39 is 23.6 Å². The fourth-order valence-electron chi connectivity index (χ4n) is 2.44. The zero-order chi connectivity index (χ0) is 19.9. The van der Waals surface area contributed by atoms with Gasteiger partial charge in [-0.25, -0.2) is 18.4 Å². The molecule has 0 unspecified atom stereocenters. The highest BCUT2D eigenvalue weighted by Gasteiger charge is 2.13. The van der Waals surface area contributed by atoms with Crippen molar-refractivity contribution < 1.29 is 27.8 Å². The fraction of sp³-hybridized carbons (Fsp3) is 0.0909. The lowest BCUT2D eigenvalue weighted by atomic mass is 10.1. The molecule has 0 atom stereocenters. The number of ether oxygens (including phenoxy) is 2. The van der Waals surface area contributed by atoms with Gasteiger partial charge in [0.05, 0.1) is 11.1 Å². The number of halogens is 2. The third kappa shape index (κ3) is 4.79. The van der Waals surface area contributed by atoms with Gasteiger partial charge in [0, 0.05) is 0 Å². The molecule has 0 aliphatic rings. The minimum absolute atomic E-state index is 0.0253. The van der Waals surface area contributed by atoms with Gasteiger partial charge in [0.1, 0.15) is 24.8 Å². The van der Waals surface area contributed by atoms with E-state index >= 15 is 0 Å². The number of hydrogen-bond acceptors (Lipinski definition) is 4. The highest BCUT2D eigenvalue weighted by atomic mass is 19.1. The molecular weight excluding hydrogens is 366 g/mol. The van der Waals surface area contributed by atoms with Crippen LogP contribution in [-0.2, 0) is 22.7 Å². The molecule has 4 nitrogen and oxygen atoms in total. The smallest absolute Gasteiger partial charge is 0.341 e. The predicted molar refractivity (Wildman–Crippen MR) is 97.5 cm³/mol. The van der Waals surface area contributed by atoms with Crippen LogP contribution in [0.1, 0.15) is 31.8 Å². The molecule has 28 heavy (non-hydrogen) atoms. The van der Waals surface area contributed by atoms with E-state index in [2.05, 4.69) is 0 Å². The Morgan fingerprint density at radius 1 is 0.607 bits per heavy atom. The summed E-state index contributed by atoms with van der Waals surface area (Å²) in [6.07, 6.45) is 0. The van der Waals surface area contributed by atoms with Crippen LogP contribution in [0.5, 0.6) is 0 Å². The maximum Gasteiger partial charge on any atom is 0.341 e. The van der Waals surface area contributed by atoms with Gasteiger partial charge in [-0.15, -0.1) is 0 Å². The van der Waals surface area contributed by atoms with Gasteiger partial charge in [-0.1, -0.05) is 48.5 Å². The summed E-state index contributed by atoms with van der Waals surface area (Å²) < 4.78 is 37.3. The van der Waals surface area contributed by atoms with E-state index in [4.69, 9.17) is 9.47 Å². The van der Waals surface area contributed by atoms with E-state index in [0.717, 1.165) is 0 Å². The molecule has 0 aliphatic carbocycles. The van der Waals surface area contributed by atoms with Crippen LogP contribution in [0.4, 0.5) is 8.78 Å². The Bertz CT molecular complexity index is 903. The molecule has 3 aromatic carbocycles. The van der Waals surface area contributed by atoms with E-state index in [1.165, 1.54) is 36.4 Å². The highest BCUT2D eigenvalue weighted by molar-refractivity contribution is 5.90. The molecule has 0 N–H and O–H groups in total. The maximum atomic E-state index is 13.6. The van der Waals surface area contributed by atoms with Crippen LogP contribution in [0.2, 0.25) is 0 Å². The van der Waals surface area contributed by atoms with Gasteiger partial charge in [0.2, 0.25) is 0 Å². The normalized spacial score (nSPS) is 10.4. The Morgan fingerprint density at radius 3 is 1.32 bits per heavy atom. The fourth-order valence-corrected chi connectivity index (χ4v) is 2.44. The van der Waals surface area contributed by atoms with Crippen molar-refractivity contribution in [3.8, 4) is 0 Å². The molecule has 0 aliphatic heterocycles.